The summed E-state index contributed by atoms with van der Waals surface area (Å²) in [6.45, 7) is 6.37. The molecule has 0 spiro atoms. The van der Waals surface area contributed by atoms with Crippen molar-refractivity contribution in [1.82, 2.24) is 73.6 Å². The van der Waals surface area contributed by atoms with Crippen molar-refractivity contribution in [1.29, 1.82) is 0 Å². The van der Waals surface area contributed by atoms with E-state index >= 15 is 19.2 Å². The summed E-state index contributed by atoms with van der Waals surface area (Å²) >= 11 is 0. The van der Waals surface area contributed by atoms with Gasteiger partial charge in [-0.1, -0.05) is 46.2 Å². The number of hydrogen-bond donors (Lipinski definition) is 24. The van der Waals surface area contributed by atoms with E-state index in [-0.39, 0.29) is 185 Å². The van der Waals surface area contributed by atoms with Gasteiger partial charge in [-0.05, 0) is 165 Å². The molecule has 118 heavy (non-hydrogen) atoms. The monoisotopic (exact) mass is 1670 g/mol. The Morgan fingerprint density at radius 3 is 1.16 bits per heavy atom. The van der Waals surface area contributed by atoms with Crippen LogP contribution in [0.5, 0.6) is 5.75 Å². The third kappa shape index (κ3) is 34.4. The van der Waals surface area contributed by atoms with Crippen LogP contribution < -0.4 is 121 Å². The highest BCUT2D eigenvalue weighted by molar-refractivity contribution is 6.01. The first-order chi connectivity index (χ1) is 56.0. The van der Waals surface area contributed by atoms with E-state index in [1.807, 2.05) is 0 Å². The molecule has 0 aromatic heterocycles. The van der Waals surface area contributed by atoms with E-state index in [1.165, 1.54) is 34.1 Å². The summed E-state index contributed by atoms with van der Waals surface area (Å²) in [5.41, 5.74) is 57.0. The first-order valence-electron chi connectivity index (χ1n) is 40.3. The number of unbranched alkanes of at least 4 members (excludes halogenated alkanes) is 2. The Morgan fingerprint density at radius 1 is 0.407 bits per heavy atom. The molecule has 3 fully saturated rings. The number of rotatable bonds is 30. The molecule has 660 valence electrons. The van der Waals surface area contributed by atoms with Crippen molar-refractivity contribution in [2.24, 2.45) is 89.1 Å². The first-order valence-corrected chi connectivity index (χ1v) is 40.3. The zero-order valence-corrected chi connectivity index (χ0v) is 68.2. The number of amides is 14. The van der Waals surface area contributed by atoms with Crippen LogP contribution in [0.4, 0.5) is 0 Å². The van der Waals surface area contributed by atoms with E-state index < -0.39 is 186 Å². The number of phenolic OH excluding ortho intramolecular Hbond substituents is 1. The fourth-order valence-corrected chi connectivity index (χ4v) is 13.5. The van der Waals surface area contributed by atoms with Crippen LogP contribution in [0.2, 0.25) is 0 Å². The number of aliphatic hydroxyl groups excluding tert-OH is 1. The molecule has 4 rings (SSSR count). The molecule has 3 saturated heterocycles. The summed E-state index contributed by atoms with van der Waals surface area (Å²) in [6.07, 6.45) is -0.0521. The lowest BCUT2D eigenvalue weighted by Crippen LogP contribution is -2.61. The van der Waals surface area contributed by atoms with Crippen LogP contribution in [0, 0.1) is 11.8 Å². The summed E-state index contributed by atoms with van der Waals surface area (Å²) in [6, 6.07) is -11.4. The maximum Gasteiger partial charge on any atom is 0.246 e. The first kappa shape index (κ1) is 98.9. The summed E-state index contributed by atoms with van der Waals surface area (Å²) in [4.78, 5) is 223. The molecule has 0 bridgehead atoms. The maximum absolute atomic E-state index is 15.3. The topological polar surface area (TPSA) is 740 Å². The molecule has 3 heterocycles. The number of nitrogens with one attached hydrogen (secondary N) is 12. The molecule has 0 saturated carbocycles. The number of carbonyl (C=O) groups excluding carboxylic acids is 14. The number of fused-ring (bicyclic) bond motifs is 2. The Kier molecular flexibility index (Phi) is 43.3. The van der Waals surface area contributed by atoms with Gasteiger partial charge < -0.3 is 141 Å². The Morgan fingerprint density at radius 2 is 0.754 bits per heavy atom. The van der Waals surface area contributed by atoms with Crippen molar-refractivity contribution in [3.8, 4) is 5.75 Å². The van der Waals surface area contributed by atoms with Gasteiger partial charge in [0.25, 0.3) is 0 Å². The van der Waals surface area contributed by atoms with Crippen LogP contribution in [0.1, 0.15) is 162 Å². The van der Waals surface area contributed by atoms with Crippen LogP contribution >= 0.6 is 0 Å². The summed E-state index contributed by atoms with van der Waals surface area (Å²) in [5.74, 6) is -15.0. The van der Waals surface area contributed by atoms with Crippen LogP contribution in [-0.2, 0) is 73.5 Å². The van der Waals surface area contributed by atoms with Crippen LogP contribution in [-0.4, -0.2) is 271 Å². The standard InChI is InChI=1S/C74H128N28O16/c1-6-41(4)57-67(115)96-48(18-8-10-30-76)63(111)97-51(37-43-25-27-44(104)28-26-43)69(117)102-36-16-24-53(102)70(118)101-35-15-23-52(101)65(113)99-56(40(2)3)66(114)94-45(19-11-31-85-71(77)78)59(107)90-39-55(106)98-58(42(5)103)68(116)95-46(20-12-32-86-72(79)80)60(108)89-38-54(105)91-47(17-7-9-29-75)61(109)92-49(21-13-33-87-73(81)82)62(110)93-50(64(112)100-57)22-14-34-88-74(83)84/h25-28,40-42,45-53,56-58,103-104H,6-24,29-39,75-76H2,1-5H3,(H,89,108)(H,90,107)(H,91,105)(H,92,109)(H,93,110)(H,94,114)(H,95,116)(H,96,115)(H,97,111)(H,98,106)(H,99,113)(H,100,112)(H4,77,78,85)(H4,79,80,86)(H4,81,82,87)(H4,83,84,88)/t41-,42+,45-,46-,47-,48-,49-,50-,51-,52-,53+,56-,57-,58-/m0/s1. The quantitative estimate of drug-likeness (QED) is 0.0193. The zero-order valence-electron chi connectivity index (χ0n) is 68.2. The molecule has 44 nitrogen and oxygen atoms in total. The minimum absolute atomic E-state index is 0.0188. The minimum Gasteiger partial charge on any atom is -0.508 e. The average molecular weight is 1670 g/mol. The molecule has 0 aliphatic carbocycles. The third-order valence-corrected chi connectivity index (χ3v) is 20.1. The minimum atomic E-state index is -1.82. The summed E-state index contributed by atoms with van der Waals surface area (Å²) < 4.78 is 0. The summed E-state index contributed by atoms with van der Waals surface area (Å²) in [7, 11) is 0. The highest BCUT2D eigenvalue weighted by Crippen LogP contribution is 2.27. The lowest BCUT2D eigenvalue weighted by molar-refractivity contribution is -0.148. The predicted molar refractivity (Wildman–Crippen MR) is 438 cm³/mol. The van der Waals surface area contributed by atoms with Crippen molar-refractivity contribution in [3.05, 3.63) is 29.8 Å². The number of nitrogens with zero attached hydrogens (tertiary/aromatic N) is 6. The molecule has 0 unspecified atom stereocenters. The van der Waals surface area contributed by atoms with Gasteiger partial charge in [0, 0.05) is 45.7 Å². The molecule has 3 aliphatic rings. The maximum atomic E-state index is 15.3. The number of benzene rings is 1. The SMILES string of the molecule is CC[C@H](C)[C@@H]1NC(=O)[C@H](CCCN=C(N)N)NC(=O)[C@H](CCCN=C(N)N)NC(=O)[C@H](CCCCN)NC(=O)CNC(=O)[C@H](CCCN=C(N)N)NC(=O)[C@H]([C@@H](C)O)NC(=O)CNC(=O)[C@H](CCCN=C(N)N)NC(=O)[C@H](C(C)C)NC(=O)[C@@H]2CCCN2C(=O)[C@H]2CCCN2C(=O)[C@H](Cc2ccc(O)cc2)NC(=O)[C@H](CCCCN)NC1=O. The van der Waals surface area contributed by atoms with Gasteiger partial charge in [-0.2, -0.15) is 0 Å². The van der Waals surface area contributed by atoms with Gasteiger partial charge in [0.2, 0.25) is 82.7 Å². The Hall–Kier alpha value is -11.4. The summed E-state index contributed by atoms with van der Waals surface area (Å²) in [5, 5.41) is 52.6. The average Bonchev–Trinajstić information content (AvgIpc) is 1.63. The lowest BCUT2D eigenvalue weighted by Gasteiger charge is -2.34. The molecule has 0 radical (unpaired) electrons. The number of phenols is 1. The van der Waals surface area contributed by atoms with E-state index in [4.69, 9.17) is 57.3 Å². The van der Waals surface area contributed by atoms with Crippen molar-refractivity contribution in [2.45, 2.75) is 242 Å². The van der Waals surface area contributed by atoms with Crippen LogP contribution in [0.15, 0.2) is 44.2 Å². The predicted octanol–water partition coefficient (Wildman–Crippen LogP) is -8.43. The molecule has 34 N–H and O–H groups in total. The highest BCUT2D eigenvalue weighted by atomic mass is 16.3. The van der Waals surface area contributed by atoms with E-state index in [0.29, 0.717) is 31.2 Å². The normalized spacial score (nSPS) is 24.6. The molecular weight excluding hydrogens is 1540 g/mol. The van der Waals surface area contributed by atoms with Crippen molar-refractivity contribution in [2.75, 3.05) is 65.4 Å². The second-order valence-electron chi connectivity index (χ2n) is 29.9. The van der Waals surface area contributed by atoms with Crippen LogP contribution in [0.25, 0.3) is 0 Å². The van der Waals surface area contributed by atoms with Gasteiger partial charge in [0.15, 0.2) is 23.8 Å². The van der Waals surface area contributed by atoms with E-state index in [2.05, 4.69) is 83.8 Å². The number of aromatic hydroxyl groups is 1. The van der Waals surface area contributed by atoms with E-state index in [9.17, 15) is 58.2 Å². The number of carbonyl (C=O) groups is 14. The Balaban J connectivity index is 1.90. The Labute approximate surface area is 686 Å². The van der Waals surface area contributed by atoms with Gasteiger partial charge in [-0.15, -0.1) is 0 Å². The van der Waals surface area contributed by atoms with Gasteiger partial charge >= 0.3 is 0 Å². The van der Waals surface area contributed by atoms with Gasteiger partial charge in [-0.25, -0.2) is 0 Å². The molecule has 1 aromatic rings. The fraction of sp³-hybridized carbons (Fsp3) is 0.676. The van der Waals surface area contributed by atoms with Gasteiger partial charge in [0.1, 0.15) is 78.3 Å². The van der Waals surface area contributed by atoms with Crippen molar-refractivity contribution in [3.63, 3.8) is 0 Å². The molecule has 1 aromatic carbocycles. The van der Waals surface area contributed by atoms with Crippen molar-refractivity contribution >= 4 is 107 Å². The fourth-order valence-electron chi connectivity index (χ4n) is 13.5. The molecule has 14 atom stereocenters. The lowest BCUT2D eigenvalue weighted by atomic mass is 9.96. The van der Waals surface area contributed by atoms with Gasteiger partial charge in [-0.3, -0.25) is 87.1 Å². The zero-order chi connectivity index (χ0) is 87.7. The number of guanidine groups is 4. The Bertz CT molecular complexity index is 3640. The number of aliphatic hydroxyl groups is 1. The van der Waals surface area contributed by atoms with E-state index in [0.717, 1.165) is 6.92 Å². The molecule has 3 aliphatic heterocycles. The number of hydrogen-bond acceptors (Lipinski definition) is 22. The third-order valence-electron chi connectivity index (χ3n) is 20.1. The smallest absolute Gasteiger partial charge is 0.246 e. The second-order valence-corrected chi connectivity index (χ2v) is 29.9. The second kappa shape index (κ2) is 51.6. The molecular formula is C74H128N28O16. The van der Waals surface area contributed by atoms with Crippen molar-refractivity contribution < 1.29 is 77.3 Å². The molecule has 44 heteroatoms. The largest absolute Gasteiger partial charge is 0.508 e. The highest BCUT2D eigenvalue weighted by Gasteiger charge is 2.46. The van der Waals surface area contributed by atoms with E-state index in [1.54, 1.807) is 27.7 Å². The number of aliphatic imine (C=N–C) groups is 4. The number of nitrogens with two attached hydrogens (primary N) is 10. The van der Waals surface area contributed by atoms with Crippen LogP contribution in [0.3, 0.4) is 0 Å². The van der Waals surface area contributed by atoms with Gasteiger partial charge in [0.05, 0.1) is 19.2 Å². The molecule has 14 amide bonds.